The third-order valence-electron chi connectivity index (χ3n) is 6.67. The van der Waals surface area contributed by atoms with Crippen molar-refractivity contribution < 1.29 is 19.1 Å². The first-order chi connectivity index (χ1) is 15.4. The number of nitrogens with zero attached hydrogens (tertiary/aromatic N) is 3. The Balaban J connectivity index is 1.75. The van der Waals surface area contributed by atoms with Gasteiger partial charge in [0.15, 0.2) is 6.29 Å². The lowest BCUT2D eigenvalue weighted by atomic mass is 9.95. The first kappa shape index (κ1) is 22.5. The van der Waals surface area contributed by atoms with Crippen LogP contribution in [0, 0.1) is 5.92 Å². The Hall–Kier alpha value is -2.65. The Bertz CT molecular complexity index is 1060. The van der Waals surface area contributed by atoms with Crippen LogP contribution in [0.2, 0.25) is 0 Å². The number of benzene rings is 1. The van der Waals surface area contributed by atoms with Gasteiger partial charge in [0.25, 0.3) is 0 Å². The van der Waals surface area contributed by atoms with E-state index in [1.165, 1.54) is 0 Å². The van der Waals surface area contributed by atoms with Crippen molar-refractivity contribution in [2.75, 3.05) is 32.2 Å². The number of ether oxygens (including phenoxy) is 2. The second-order valence-electron chi connectivity index (χ2n) is 8.89. The number of methoxy groups -OCH3 is 2. The number of anilines is 1. The molecule has 9 nitrogen and oxygen atoms in total. The number of hydrogen-bond donors (Lipinski definition) is 1. The maximum Gasteiger partial charge on any atom is 0.330 e. The zero-order valence-corrected chi connectivity index (χ0v) is 19.2. The number of nitrogens with one attached hydrogen (secondary N) is 1. The third kappa shape index (κ3) is 3.84. The summed E-state index contributed by atoms with van der Waals surface area (Å²) in [6, 6.07) is 5.10. The molecule has 0 saturated carbocycles. The molecule has 174 valence electrons. The molecule has 0 spiro atoms. The largest absolute Gasteiger partial charge is 0.370 e. The van der Waals surface area contributed by atoms with E-state index in [1.54, 1.807) is 23.4 Å². The molecular weight excluding hydrogens is 412 g/mol. The zero-order chi connectivity index (χ0) is 23.0. The van der Waals surface area contributed by atoms with E-state index in [0.717, 1.165) is 42.7 Å². The highest BCUT2D eigenvalue weighted by molar-refractivity contribution is 6.00. The normalized spacial score (nSPS) is 20.6. The number of imidazole rings is 1. The van der Waals surface area contributed by atoms with Gasteiger partial charge >= 0.3 is 5.69 Å². The number of hydrogen-bond acceptors (Lipinski definition) is 6. The van der Waals surface area contributed by atoms with Crippen LogP contribution in [0.3, 0.4) is 0 Å². The van der Waals surface area contributed by atoms with Crippen molar-refractivity contribution in [3.63, 3.8) is 0 Å². The van der Waals surface area contributed by atoms with Gasteiger partial charge in [0.1, 0.15) is 6.04 Å². The minimum absolute atomic E-state index is 0.0791. The summed E-state index contributed by atoms with van der Waals surface area (Å²) in [4.78, 5) is 40.1. The monoisotopic (exact) mass is 444 g/mol. The van der Waals surface area contributed by atoms with Gasteiger partial charge in [-0.05, 0) is 45.2 Å². The number of amides is 2. The average molecular weight is 445 g/mol. The Labute approximate surface area is 187 Å². The topological polar surface area (TPSA) is 94.8 Å². The van der Waals surface area contributed by atoms with E-state index in [9.17, 15) is 14.4 Å². The van der Waals surface area contributed by atoms with Gasteiger partial charge in [0.05, 0.1) is 16.7 Å². The Morgan fingerprint density at radius 3 is 2.31 bits per heavy atom. The average Bonchev–Trinajstić information content (AvgIpc) is 3.07. The predicted molar refractivity (Wildman–Crippen MR) is 121 cm³/mol. The van der Waals surface area contributed by atoms with Crippen molar-refractivity contribution in [2.24, 2.45) is 5.92 Å². The number of rotatable bonds is 6. The molecule has 2 aliphatic rings. The molecule has 1 N–H and O–H groups in total. The summed E-state index contributed by atoms with van der Waals surface area (Å²) in [5.74, 6) is -0.385. The molecule has 2 saturated heterocycles. The number of carbonyl (C=O) groups excluding carboxylic acids is 2. The molecule has 9 heteroatoms. The summed E-state index contributed by atoms with van der Waals surface area (Å²) in [5, 5.41) is 2.38. The van der Waals surface area contributed by atoms with Crippen molar-refractivity contribution in [2.45, 2.75) is 57.9 Å². The third-order valence-corrected chi connectivity index (χ3v) is 6.67. The lowest BCUT2D eigenvalue weighted by Crippen LogP contribution is -2.44. The lowest BCUT2D eigenvalue weighted by Gasteiger charge is -2.36. The van der Waals surface area contributed by atoms with Gasteiger partial charge < -0.3 is 14.4 Å². The highest BCUT2D eigenvalue weighted by Gasteiger charge is 2.34. The van der Waals surface area contributed by atoms with Crippen molar-refractivity contribution >= 4 is 28.5 Å². The van der Waals surface area contributed by atoms with Gasteiger partial charge in [0, 0.05) is 45.7 Å². The summed E-state index contributed by atoms with van der Waals surface area (Å²) >= 11 is 0. The zero-order valence-electron chi connectivity index (χ0n) is 19.2. The van der Waals surface area contributed by atoms with Gasteiger partial charge in [-0.3, -0.25) is 24.0 Å². The van der Waals surface area contributed by atoms with E-state index in [1.807, 2.05) is 32.0 Å². The fourth-order valence-corrected chi connectivity index (χ4v) is 5.13. The SMILES string of the molecule is COC(OC)C1CCN(c2cccc3c2n(C(C)C)c(=O)n3C2CCC(=O)NC2=O)CC1. The molecular formula is C23H32N4O5. The summed E-state index contributed by atoms with van der Waals surface area (Å²) in [6.45, 7) is 5.59. The number of piperidine rings is 2. The van der Waals surface area contributed by atoms with Gasteiger partial charge in [-0.1, -0.05) is 6.07 Å². The fourth-order valence-electron chi connectivity index (χ4n) is 5.13. The second-order valence-corrected chi connectivity index (χ2v) is 8.89. The number of para-hydroxylation sites is 1. The van der Waals surface area contributed by atoms with Crippen LogP contribution in [-0.2, 0) is 19.1 Å². The summed E-state index contributed by atoms with van der Waals surface area (Å²) < 4.78 is 14.2. The molecule has 1 aromatic heterocycles. The van der Waals surface area contributed by atoms with E-state index in [0.29, 0.717) is 12.3 Å². The van der Waals surface area contributed by atoms with Crippen LogP contribution in [-0.4, -0.2) is 54.5 Å². The quantitative estimate of drug-likeness (QED) is 0.542. The van der Waals surface area contributed by atoms with Crippen molar-refractivity contribution in [3.05, 3.63) is 28.7 Å². The number of imide groups is 1. The standard InChI is InChI=1S/C23H32N4O5/c1-14(2)26-20-16(25-12-10-15(11-13-25)22(31-3)32-4)6-5-7-17(20)27(23(26)30)18-8-9-19(28)24-21(18)29/h5-7,14-15,18,22H,8-13H2,1-4H3,(H,24,28,29). The molecule has 2 fully saturated rings. The molecule has 0 aliphatic carbocycles. The maximum atomic E-state index is 13.5. The Morgan fingerprint density at radius 1 is 1.03 bits per heavy atom. The second kappa shape index (κ2) is 9.07. The molecule has 32 heavy (non-hydrogen) atoms. The molecule has 1 aromatic carbocycles. The lowest BCUT2D eigenvalue weighted by molar-refractivity contribution is -0.141. The maximum absolute atomic E-state index is 13.5. The molecule has 2 aliphatic heterocycles. The summed E-state index contributed by atoms with van der Waals surface area (Å²) in [7, 11) is 3.33. The molecule has 2 amide bonds. The smallest absolute Gasteiger partial charge is 0.330 e. The highest BCUT2D eigenvalue weighted by Crippen LogP contribution is 2.34. The predicted octanol–water partition coefficient (Wildman–Crippen LogP) is 2.20. The van der Waals surface area contributed by atoms with E-state index in [4.69, 9.17) is 9.47 Å². The van der Waals surface area contributed by atoms with Crippen LogP contribution >= 0.6 is 0 Å². The molecule has 1 unspecified atom stereocenters. The van der Waals surface area contributed by atoms with Crippen LogP contribution in [0.25, 0.3) is 11.0 Å². The minimum Gasteiger partial charge on any atom is -0.370 e. The van der Waals surface area contributed by atoms with Crippen LogP contribution < -0.4 is 15.9 Å². The van der Waals surface area contributed by atoms with Gasteiger partial charge in [0.2, 0.25) is 11.8 Å². The molecule has 2 aromatic rings. The molecule has 3 heterocycles. The van der Waals surface area contributed by atoms with Gasteiger partial charge in [-0.15, -0.1) is 0 Å². The minimum atomic E-state index is -0.687. The Kier molecular flexibility index (Phi) is 6.39. The Morgan fingerprint density at radius 2 is 1.72 bits per heavy atom. The first-order valence-electron chi connectivity index (χ1n) is 11.3. The van der Waals surface area contributed by atoms with Crippen LogP contribution in [0.1, 0.15) is 51.6 Å². The van der Waals surface area contributed by atoms with Crippen LogP contribution in [0.15, 0.2) is 23.0 Å². The van der Waals surface area contributed by atoms with Crippen LogP contribution in [0.5, 0.6) is 0 Å². The molecule has 0 radical (unpaired) electrons. The molecule has 4 rings (SSSR count). The van der Waals surface area contributed by atoms with Gasteiger partial charge in [-0.2, -0.15) is 0 Å². The van der Waals surface area contributed by atoms with Crippen molar-refractivity contribution in [1.82, 2.24) is 14.5 Å². The molecule has 0 bridgehead atoms. The molecule has 1 atom stereocenters. The number of carbonyl (C=O) groups is 2. The summed E-state index contributed by atoms with van der Waals surface area (Å²) in [6.07, 6.45) is 2.18. The number of aromatic nitrogens is 2. The fraction of sp³-hybridized carbons (Fsp3) is 0.609. The first-order valence-corrected chi connectivity index (χ1v) is 11.3. The number of fused-ring (bicyclic) bond motifs is 1. The van der Waals surface area contributed by atoms with E-state index in [2.05, 4.69) is 10.2 Å². The van der Waals surface area contributed by atoms with E-state index in [-0.39, 0.29) is 30.3 Å². The highest BCUT2D eigenvalue weighted by atomic mass is 16.7. The van der Waals surface area contributed by atoms with E-state index < -0.39 is 11.9 Å². The van der Waals surface area contributed by atoms with Crippen LogP contribution in [0.4, 0.5) is 5.69 Å². The van der Waals surface area contributed by atoms with Gasteiger partial charge in [-0.25, -0.2) is 4.79 Å². The van der Waals surface area contributed by atoms with E-state index >= 15 is 0 Å². The van der Waals surface area contributed by atoms with Crippen molar-refractivity contribution in [3.8, 4) is 0 Å². The van der Waals surface area contributed by atoms with Crippen molar-refractivity contribution in [1.29, 1.82) is 0 Å². The summed E-state index contributed by atoms with van der Waals surface area (Å²) in [5.41, 5.74) is 2.34.